The lowest BCUT2D eigenvalue weighted by molar-refractivity contribution is -0.897. The Hall–Kier alpha value is -1.47. The maximum Gasteiger partial charge on any atom is 0.279 e. The number of carbonyl (C=O) groups is 1. The van der Waals surface area contributed by atoms with Gasteiger partial charge in [0.05, 0.1) is 23.7 Å². The molecule has 21 heavy (non-hydrogen) atoms. The van der Waals surface area contributed by atoms with Gasteiger partial charge in [-0.1, -0.05) is 6.92 Å². The number of nitro groups is 1. The van der Waals surface area contributed by atoms with E-state index in [4.69, 9.17) is 0 Å². The van der Waals surface area contributed by atoms with Gasteiger partial charge in [0, 0.05) is 16.6 Å². The van der Waals surface area contributed by atoms with Gasteiger partial charge in [0.25, 0.3) is 11.6 Å². The van der Waals surface area contributed by atoms with Gasteiger partial charge >= 0.3 is 0 Å². The number of rotatable bonds is 4. The van der Waals surface area contributed by atoms with Crippen molar-refractivity contribution in [1.29, 1.82) is 0 Å². The topological polar surface area (TPSA) is 76.7 Å². The zero-order chi connectivity index (χ0) is 15.4. The van der Waals surface area contributed by atoms with Crippen LogP contribution in [0.4, 0.5) is 11.4 Å². The number of halogens is 1. The minimum absolute atomic E-state index is 0.00415. The summed E-state index contributed by atoms with van der Waals surface area (Å²) in [5.41, 5.74) is 0.561. The molecule has 1 aromatic carbocycles. The molecule has 114 valence electrons. The van der Waals surface area contributed by atoms with Gasteiger partial charge in [0.2, 0.25) is 0 Å². The Morgan fingerprint density at radius 2 is 2.14 bits per heavy atom. The number of quaternary nitrogens is 1. The molecule has 0 saturated carbocycles. The number of likely N-dealkylation sites (tertiary alicyclic amines) is 1. The molecule has 7 heteroatoms. The number of benzene rings is 1. The SMILES string of the molecule is CC1CC[NH+](CC(=O)Nc2ccc([N+](=O)[O-])cc2Br)CC1. The van der Waals surface area contributed by atoms with E-state index in [1.165, 1.54) is 17.0 Å². The molecule has 0 radical (unpaired) electrons. The van der Waals surface area contributed by atoms with Crippen LogP contribution in [0.2, 0.25) is 0 Å². The average molecular weight is 357 g/mol. The maximum atomic E-state index is 12.0. The molecule has 0 unspecified atom stereocenters. The zero-order valence-electron chi connectivity index (χ0n) is 11.9. The lowest BCUT2D eigenvalue weighted by Gasteiger charge is -2.26. The van der Waals surface area contributed by atoms with Crippen LogP contribution < -0.4 is 10.2 Å². The van der Waals surface area contributed by atoms with Crippen LogP contribution in [0.3, 0.4) is 0 Å². The number of hydrogen-bond donors (Lipinski definition) is 2. The number of non-ortho nitro benzene ring substituents is 1. The molecule has 6 nitrogen and oxygen atoms in total. The fraction of sp³-hybridized carbons (Fsp3) is 0.500. The van der Waals surface area contributed by atoms with Gasteiger partial charge < -0.3 is 10.2 Å². The monoisotopic (exact) mass is 356 g/mol. The maximum absolute atomic E-state index is 12.0. The summed E-state index contributed by atoms with van der Waals surface area (Å²) < 4.78 is 0.521. The van der Waals surface area contributed by atoms with Crippen LogP contribution in [-0.4, -0.2) is 30.5 Å². The van der Waals surface area contributed by atoms with E-state index >= 15 is 0 Å². The van der Waals surface area contributed by atoms with Crippen molar-refractivity contribution in [2.24, 2.45) is 5.92 Å². The molecule has 0 atom stereocenters. The van der Waals surface area contributed by atoms with Gasteiger partial charge in [0.15, 0.2) is 6.54 Å². The molecule has 1 fully saturated rings. The first-order chi connectivity index (χ1) is 9.95. The minimum Gasteiger partial charge on any atom is -0.327 e. The largest absolute Gasteiger partial charge is 0.327 e. The van der Waals surface area contributed by atoms with Crippen molar-refractivity contribution in [2.75, 3.05) is 25.0 Å². The van der Waals surface area contributed by atoms with E-state index in [2.05, 4.69) is 28.2 Å². The summed E-state index contributed by atoms with van der Waals surface area (Å²) in [5, 5.41) is 13.5. The lowest BCUT2D eigenvalue weighted by atomic mass is 9.99. The summed E-state index contributed by atoms with van der Waals surface area (Å²) >= 11 is 3.25. The number of piperidine rings is 1. The normalized spacial score (nSPS) is 21.8. The molecule has 0 bridgehead atoms. The van der Waals surface area contributed by atoms with E-state index in [-0.39, 0.29) is 11.6 Å². The number of nitro benzene ring substituents is 1. The van der Waals surface area contributed by atoms with E-state index in [0.29, 0.717) is 16.7 Å². The van der Waals surface area contributed by atoms with Gasteiger partial charge in [-0.15, -0.1) is 0 Å². The third-order valence-electron chi connectivity index (χ3n) is 3.83. The van der Waals surface area contributed by atoms with Crippen molar-refractivity contribution in [1.82, 2.24) is 0 Å². The quantitative estimate of drug-likeness (QED) is 0.635. The van der Waals surface area contributed by atoms with Gasteiger partial charge in [-0.3, -0.25) is 14.9 Å². The van der Waals surface area contributed by atoms with Gasteiger partial charge in [-0.2, -0.15) is 0 Å². The first-order valence-electron chi connectivity index (χ1n) is 7.03. The third-order valence-corrected chi connectivity index (χ3v) is 4.49. The van der Waals surface area contributed by atoms with E-state index in [1.54, 1.807) is 6.07 Å². The van der Waals surface area contributed by atoms with Crippen LogP contribution in [-0.2, 0) is 4.79 Å². The van der Waals surface area contributed by atoms with Crippen molar-refractivity contribution in [3.63, 3.8) is 0 Å². The summed E-state index contributed by atoms with van der Waals surface area (Å²) in [7, 11) is 0. The molecular formula is C14H19BrN3O3+. The second kappa shape index (κ2) is 7.00. The van der Waals surface area contributed by atoms with Gasteiger partial charge in [-0.05, 0) is 40.8 Å². The smallest absolute Gasteiger partial charge is 0.279 e. The summed E-state index contributed by atoms with van der Waals surface area (Å²) in [5.74, 6) is 0.690. The Labute approximate surface area is 131 Å². The first kappa shape index (κ1) is 15.9. The van der Waals surface area contributed by atoms with Crippen LogP contribution in [0.15, 0.2) is 22.7 Å². The van der Waals surface area contributed by atoms with E-state index in [0.717, 1.165) is 31.8 Å². The van der Waals surface area contributed by atoms with Crippen LogP contribution >= 0.6 is 15.9 Å². The van der Waals surface area contributed by atoms with Crippen molar-refractivity contribution in [3.05, 3.63) is 32.8 Å². The highest BCUT2D eigenvalue weighted by molar-refractivity contribution is 9.10. The van der Waals surface area contributed by atoms with Gasteiger partial charge in [-0.25, -0.2) is 0 Å². The Morgan fingerprint density at radius 1 is 1.48 bits per heavy atom. The molecule has 1 aliphatic rings. The molecule has 1 saturated heterocycles. The number of anilines is 1. The van der Waals surface area contributed by atoms with E-state index in [9.17, 15) is 14.9 Å². The Bertz CT molecular complexity index is 542. The van der Waals surface area contributed by atoms with Crippen LogP contribution in [0.5, 0.6) is 0 Å². The molecule has 1 amide bonds. The van der Waals surface area contributed by atoms with E-state index < -0.39 is 4.92 Å². The lowest BCUT2D eigenvalue weighted by Crippen LogP contribution is -3.14. The van der Waals surface area contributed by atoms with Crippen LogP contribution in [0, 0.1) is 16.0 Å². The van der Waals surface area contributed by atoms with Crippen molar-refractivity contribution < 1.29 is 14.6 Å². The second-order valence-electron chi connectivity index (χ2n) is 5.58. The van der Waals surface area contributed by atoms with Crippen LogP contribution in [0.1, 0.15) is 19.8 Å². The number of hydrogen-bond acceptors (Lipinski definition) is 3. The predicted octanol–water partition coefficient (Wildman–Crippen LogP) is 1.61. The number of carbonyl (C=O) groups excluding carboxylic acids is 1. The summed E-state index contributed by atoms with van der Waals surface area (Å²) in [4.78, 5) is 23.5. The van der Waals surface area contributed by atoms with Crippen molar-refractivity contribution >= 4 is 33.2 Å². The zero-order valence-corrected chi connectivity index (χ0v) is 13.5. The summed E-state index contributed by atoms with van der Waals surface area (Å²) in [6.07, 6.45) is 2.31. The highest BCUT2D eigenvalue weighted by Crippen LogP contribution is 2.26. The summed E-state index contributed by atoms with van der Waals surface area (Å²) in [6.45, 7) is 4.73. The third kappa shape index (κ3) is 4.50. The van der Waals surface area contributed by atoms with Crippen molar-refractivity contribution in [3.8, 4) is 0 Å². The molecule has 2 N–H and O–H groups in total. The summed E-state index contributed by atoms with van der Waals surface area (Å²) in [6, 6.07) is 4.33. The highest BCUT2D eigenvalue weighted by atomic mass is 79.9. The molecule has 0 aromatic heterocycles. The first-order valence-corrected chi connectivity index (χ1v) is 7.82. The van der Waals surface area contributed by atoms with Crippen LogP contribution in [0.25, 0.3) is 0 Å². The molecule has 1 heterocycles. The van der Waals surface area contributed by atoms with E-state index in [1.807, 2.05) is 0 Å². The average Bonchev–Trinajstić information content (AvgIpc) is 2.43. The molecule has 1 aliphatic heterocycles. The fourth-order valence-electron chi connectivity index (χ4n) is 2.49. The standard InChI is InChI=1S/C14H18BrN3O3/c1-10-4-6-17(7-5-10)9-14(19)16-13-3-2-11(18(20)21)8-12(13)15/h2-3,8,10H,4-7,9H2,1H3,(H,16,19)/p+1. The molecule has 0 aliphatic carbocycles. The number of nitrogens with zero attached hydrogens (tertiary/aromatic N) is 1. The molecule has 0 spiro atoms. The Kier molecular flexibility index (Phi) is 5.30. The van der Waals surface area contributed by atoms with Crippen molar-refractivity contribution in [2.45, 2.75) is 19.8 Å². The van der Waals surface area contributed by atoms with Gasteiger partial charge in [0.1, 0.15) is 0 Å². The highest BCUT2D eigenvalue weighted by Gasteiger charge is 2.21. The predicted molar refractivity (Wildman–Crippen MR) is 83.4 cm³/mol. The Morgan fingerprint density at radius 3 is 2.71 bits per heavy atom. The molecular weight excluding hydrogens is 338 g/mol. The second-order valence-corrected chi connectivity index (χ2v) is 6.43. The number of nitrogens with one attached hydrogen (secondary N) is 2. The minimum atomic E-state index is -0.463. The molecule has 2 rings (SSSR count). The Balaban J connectivity index is 1.92. The molecule has 1 aromatic rings. The number of amides is 1. The fourth-order valence-corrected chi connectivity index (χ4v) is 2.95.